The Morgan fingerprint density at radius 2 is 2.00 bits per heavy atom. The van der Waals surface area contributed by atoms with Crippen LogP contribution in [0.3, 0.4) is 0 Å². The van der Waals surface area contributed by atoms with Gasteiger partial charge in [-0.25, -0.2) is 8.42 Å². The number of anilines is 1. The molecular formula is C12H21N3O3S. The van der Waals surface area contributed by atoms with Gasteiger partial charge in [-0.2, -0.15) is 5.10 Å². The van der Waals surface area contributed by atoms with Gasteiger partial charge in [-0.05, 0) is 20.3 Å². The molecule has 108 valence electrons. The van der Waals surface area contributed by atoms with Crippen molar-refractivity contribution in [2.45, 2.75) is 39.4 Å². The van der Waals surface area contributed by atoms with Crippen molar-refractivity contribution in [3.8, 4) is 0 Å². The number of nitrogens with one attached hydrogen (secondary N) is 1. The molecule has 0 bridgehead atoms. The van der Waals surface area contributed by atoms with Crippen molar-refractivity contribution in [1.29, 1.82) is 0 Å². The molecule has 0 spiro atoms. The first-order chi connectivity index (χ1) is 8.74. The minimum Gasteiger partial charge on any atom is -0.310 e. The van der Waals surface area contributed by atoms with Crippen LogP contribution in [0.25, 0.3) is 0 Å². The van der Waals surface area contributed by atoms with Crippen LogP contribution in [0.1, 0.15) is 32.0 Å². The van der Waals surface area contributed by atoms with Crippen LogP contribution >= 0.6 is 0 Å². The topological polar surface area (TPSA) is 81.1 Å². The van der Waals surface area contributed by atoms with Gasteiger partial charge in [0, 0.05) is 18.4 Å². The minimum atomic E-state index is -3.38. The van der Waals surface area contributed by atoms with E-state index in [1.54, 1.807) is 11.7 Å². The van der Waals surface area contributed by atoms with Crippen molar-refractivity contribution in [1.82, 2.24) is 9.78 Å². The SMILES string of the molecule is CCc1nn(C)c(NC(=O)C(C)S(=O)(=O)CC)c1C. The van der Waals surface area contributed by atoms with Crippen LogP contribution < -0.4 is 5.32 Å². The van der Waals surface area contributed by atoms with Crippen LogP contribution in [0.2, 0.25) is 0 Å². The highest BCUT2D eigenvalue weighted by molar-refractivity contribution is 7.92. The Bertz CT molecular complexity index is 575. The average molecular weight is 287 g/mol. The van der Waals surface area contributed by atoms with E-state index >= 15 is 0 Å². The standard InChI is InChI=1S/C12H21N3O3S/c1-6-10-8(3)11(15(5)14-10)13-12(16)9(4)19(17,18)7-2/h9H,6-7H2,1-5H3,(H,13,16). The maximum Gasteiger partial charge on any atom is 0.243 e. The molecule has 0 aromatic carbocycles. The van der Waals surface area contributed by atoms with E-state index in [0.29, 0.717) is 5.82 Å². The molecule has 0 aliphatic heterocycles. The van der Waals surface area contributed by atoms with Crippen LogP contribution in [0, 0.1) is 6.92 Å². The van der Waals surface area contributed by atoms with Gasteiger partial charge in [-0.1, -0.05) is 13.8 Å². The summed E-state index contributed by atoms with van der Waals surface area (Å²) >= 11 is 0. The van der Waals surface area contributed by atoms with E-state index in [2.05, 4.69) is 10.4 Å². The van der Waals surface area contributed by atoms with Gasteiger partial charge < -0.3 is 5.32 Å². The summed E-state index contributed by atoms with van der Waals surface area (Å²) in [5.74, 6) is -0.0118. The van der Waals surface area contributed by atoms with E-state index in [0.717, 1.165) is 17.7 Å². The normalized spacial score (nSPS) is 13.3. The molecule has 7 heteroatoms. The molecule has 1 aromatic heterocycles. The second-order valence-corrected chi connectivity index (χ2v) is 7.09. The van der Waals surface area contributed by atoms with Crippen molar-refractivity contribution in [2.24, 2.45) is 7.05 Å². The maximum atomic E-state index is 12.0. The Morgan fingerprint density at radius 1 is 1.42 bits per heavy atom. The predicted molar refractivity (Wildman–Crippen MR) is 74.9 cm³/mol. The highest BCUT2D eigenvalue weighted by atomic mass is 32.2. The van der Waals surface area contributed by atoms with Gasteiger partial charge >= 0.3 is 0 Å². The van der Waals surface area contributed by atoms with Gasteiger partial charge in [0.2, 0.25) is 5.91 Å². The molecule has 1 aromatic rings. The van der Waals surface area contributed by atoms with Gasteiger partial charge in [0.15, 0.2) is 9.84 Å². The van der Waals surface area contributed by atoms with E-state index in [1.807, 2.05) is 13.8 Å². The Morgan fingerprint density at radius 3 is 2.42 bits per heavy atom. The zero-order valence-corrected chi connectivity index (χ0v) is 12.8. The van der Waals surface area contributed by atoms with Crippen LogP contribution in [-0.4, -0.2) is 35.1 Å². The molecule has 0 aliphatic carbocycles. The summed E-state index contributed by atoms with van der Waals surface area (Å²) in [6, 6.07) is 0. The van der Waals surface area contributed by atoms with Crippen LogP contribution in [0.15, 0.2) is 0 Å². The summed E-state index contributed by atoms with van der Waals surface area (Å²) in [5, 5.41) is 5.87. The molecule has 1 heterocycles. The van der Waals surface area contributed by atoms with E-state index in [1.165, 1.54) is 13.8 Å². The highest BCUT2D eigenvalue weighted by Gasteiger charge is 2.27. The molecule has 1 N–H and O–H groups in total. The Labute approximate surface area is 114 Å². The maximum absolute atomic E-state index is 12.0. The van der Waals surface area contributed by atoms with Crippen molar-refractivity contribution < 1.29 is 13.2 Å². The Hall–Kier alpha value is -1.37. The zero-order chi connectivity index (χ0) is 14.8. The minimum absolute atomic E-state index is 0.0494. The van der Waals surface area contributed by atoms with Gasteiger partial charge in [0.25, 0.3) is 0 Å². The predicted octanol–water partition coefficient (Wildman–Crippen LogP) is 1.05. The molecule has 0 aliphatic rings. The van der Waals surface area contributed by atoms with E-state index < -0.39 is 21.0 Å². The van der Waals surface area contributed by atoms with Crippen LogP contribution in [0.5, 0.6) is 0 Å². The van der Waals surface area contributed by atoms with Gasteiger partial charge in [-0.15, -0.1) is 0 Å². The number of hydrogen-bond donors (Lipinski definition) is 1. The van der Waals surface area contributed by atoms with Crippen LogP contribution in [0.4, 0.5) is 5.82 Å². The van der Waals surface area contributed by atoms with Gasteiger partial charge in [-0.3, -0.25) is 9.48 Å². The molecule has 19 heavy (non-hydrogen) atoms. The number of aromatic nitrogens is 2. The Balaban J connectivity index is 2.98. The fourth-order valence-corrected chi connectivity index (χ4v) is 2.71. The number of hydrogen-bond acceptors (Lipinski definition) is 4. The van der Waals surface area contributed by atoms with E-state index in [4.69, 9.17) is 0 Å². The van der Waals surface area contributed by atoms with E-state index in [9.17, 15) is 13.2 Å². The quantitative estimate of drug-likeness (QED) is 0.877. The fraction of sp³-hybridized carbons (Fsp3) is 0.667. The lowest BCUT2D eigenvalue weighted by atomic mass is 10.2. The lowest BCUT2D eigenvalue weighted by Gasteiger charge is -2.12. The molecular weight excluding hydrogens is 266 g/mol. The number of aryl methyl sites for hydroxylation is 2. The number of rotatable bonds is 5. The smallest absolute Gasteiger partial charge is 0.243 e. The number of carbonyl (C=O) groups excluding carboxylic acids is 1. The molecule has 1 amide bonds. The van der Waals surface area contributed by atoms with Crippen molar-refractivity contribution in [3.63, 3.8) is 0 Å². The number of nitrogens with zero attached hydrogens (tertiary/aromatic N) is 2. The van der Waals surface area contributed by atoms with Crippen molar-refractivity contribution in [2.75, 3.05) is 11.1 Å². The first-order valence-corrected chi connectivity index (χ1v) is 8.01. The average Bonchev–Trinajstić information content (AvgIpc) is 2.64. The van der Waals surface area contributed by atoms with E-state index in [-0.39, 0.29) is 5.75 Å². The third kappa shape index (κ3) is 3.15. The number of sulfone groups is 1. The summed E-state index contributed by atoms with van der Waals surface area (Å²) in [5.41, 5.74) is 1.77. The Kier molecular flexibility index (Phi) is 4.73. The molecule has 1 unspecified atom stereocenters. The third-order valence-electron chi connectivity index (χ3n) is 3.27. The first kappa shape index (κ1) is 15.7. The molecule has 6 nitrogen and oxygen atoms in total. The highest BCUT2D eigenvalue weighted by Crippen LogP contribution is 2.19. The second-order valence-electron chi connectivity index (χ2n) is 4.48. The summed E-state index contributed by atoms with van der Waals surface area (Å²) in [6.07, 6.45) is 0.762. The lowest BCUT2D eigenvalue weighted by Crippen LogP contribution is -2.34. The van der Waals surface area contributed by atoms with Crippen molar-refractivity contribution in [3.05, 3.63) is 11.3 Å². The summed E-state index contributed by atoms with van der Waals surface area (Å²) in [6.45, 7) is 6.77. The van der Waals surface area contributed by atoms with Crippen molar-refractivity contribution >= 4 is 21.6 Å². The zero-order valence-electron chi connectivity index (χ0n) is 12.0. The molecule has 1 atom stereocenters. The monoisotopic (exact) mass is 287 g/mol. The summed E-state index contributed by atoms with van der Waals surface area (Å²) < 4.78 is 24.9. The molecule has 0 saturated carbocycles. The summed E-state index contributed by atoms with van der Waals surface area (Å²) in [4.78, 5) is 12.0. The molecule has 0 saturated heterocycles. The third-order valence-corrected chi connectivity index (χ3v) is 5.37. The first-order valence-electron chi connectivity index (χ1n) is 6.29. The summed E-state index contributed by atoms with van der Waals surface area (Å²) in [7, 11) is -1.66. The molecule has 1 rings (SSSR count). The largest absolute Gasteiger partial charge is 0.310 e. The van der Waals surface area contributed by atoms with Gasteiger partial charge in [0.05, 0.1) is 5.69 Å². The number of carbonyl (C=O) groups is 1. The number of amides is 1. The fourth-order valence-electron chi connectivity index (χ4n) is 1.83. The molecule has 0 fully saturated rings. The van der Waals surface area contributed by atoms with Gasteiger partial charge in [0.1, 0.15) is 11.1 Å². The second kappa shape index (κ2) is 5.73. The lowest BCUT2D eigenvalue weighted by molar-refractivity contribution is -0.115. The van der Waals surface area contributed by atoms with Crippen LogP contribution in [-0.2, 0) is 28.1 Å². The molecule has 0 radical (unpaired) electrons.